The van der Waals surface area contributed by atoms with E-state index in [1.165, 1.54) is 31.0 Å². The molecule has 0 bridgehead atoms. The number of carbonyl (C=O) groups excluding carboxylic acids is 2. The van der Waals surface area contributed by atoms with Crippen LogP contribution in [0.1, 0.15) is 36.2 Å². The number of piperidine rings is 1. The number of anilines is 1. The van der Waals surface area contributed by atoms with E-state index in [4.69, 9.17) is 0 Å². The van der Waals surface area contributed by atoms with Crippen LogP contribution in [0.4, 0.5) is 5.82 Å². The Kier molecular flexibility index (Phi) is 4.38. The molecule has 2 aliphatic rings. The average molecular weight is 306 g/mol. The summed E-state index contributed by atoms with van der Waals surface area (Å²) in [4.78, 5) is 25.7. The van der Waals surface area contributed by atoms with Gasteiger partial charge in [0.1, 0.15) is 0 Å². The molecule has 1 amide bonds. The number of carbonyl (C=O) groups is 2. The lowest BCUT2D eigenvalue weighted by atomic mass is 10.1. The van der Waals surface area contributed by atoms with E-state index in [-0.39, 0.29) is 22.8 Å². The molecule has 1 aromatic rings. The third-order valence-electron chi connectivity index (χ3n) is 3.80. The summed E-state index contributed by atoms with van der Waals surface area (Å²) in [5.74, 6) is 1.26. The molecule has 0 aromatic carbocycles. The quantitative estimate of drug-likeness (QED) is 0.905. The second-order valence-corrected chi connectivity index (χ2v) is 6.41. The summed E-state index contributed by atoms with van der Waals surface area (Å²) in [7, 11) is 0. The first kappa shape index (κ1) is 14.3. The van der Waals surface area contributed by atoms with Gasteiger partial charge in [-0.25, -0.2) is 0 Å². The van der Waals surface area contributed by atoms with E-state index < -0.39 is 0 Å². The van der Waals surface area contributed by atoms with Gasteiger partial charge < -0.3 is 10.2 Å². The summed E-state index contributed by atoms with van der Waals surface area (Å²) in [5, 5.41) is 10.9. The van der Waals surface area contributed by atoms with Crippen LogP contribution in [0.3, 0.4) is 0 Å². The molecule has 2 aliphatic heterocycles. The lowest BCUT2D eigenvalue weighted by Gasteiger charge is -2.27. The molecule has 1 atom stereocenters. The van der Waals surface area contributed by atoms with E-state index in [1.54, 1.807) is 6.07 Å². The fourth-order valence-electron chi connectivity index (χ4n) is 2.60. The number of hydrogen-bond donors (Lipinski definition) is 1. The van der Waals surface area contributed by atoms with Crippen LogP contribution in [0.15, 0.2) is 12.1 Å². The molecule has 1 N–H and O–H groups in total. The van der Waals surface area contributed by atoms with Crippen molar-refractivity contribution in [2.75, 3.05) is 23.7 Å². The molecule has 112 valence electrons. The molecule has 3 heterocycles. The first-order chi connectivity index (χ1) is 10.2. The molecule has 1 unspecified atom stereocenters. The van der Waals surface area contributed by atoms with Gasteiger partial charge in [-0.15, -0.1) is 10.2 Å². The van der Waals surface area contributed by atoms with Crippen molar-refractivity contribution in [3.63, 3.8) is 0 Å². The number of aromatic nitrogens is 2. The van der Waals surface area contributed by atoms with Crippen LogP contribution in [0.5, 0.6) is 0 Å². The van der Waals surface area contributed by atoms with Crippen molar-refractivity contribution in [1.29, 1.82) is 0 Å². The molecule has 1 aromatic heterocycles. The number of thioether (sulfide) groups is 1. The topological polar surface area (TPSA) is 75.2 Å². The first-order valence-corrected chi connectivity index (χ1v) is 8.29. The monoisotopic (exact) mass is 306 g/mol. The Morgan fingerprint density at radius 1 is 1.24 bits per heavy atom. The van der Waals surface area contributed by atoms with Crippen LogP contribution in [0, 0.1) is 0 Å². The van der Waals surface area contributed by atoms with E-state index in [2.05, 4.69) is 20.4 Å². The predicted octanol–water partition coefficient (Wildman–Crippen LogP) is 1.23. The van der Waals surface area contributed by atoms with Gasteiger partial charge in [0.15, 0.2) is 11.5 Å². The van der Waals surface area contributed by atoms with Gasteiger partial charge in [-0.1, -0.05) is 11.8 Å². The van der Waals surface area contributed by atoms with Gasteiger partial charge in [-0.05, 0) is 37.8 Å². The summed E-state index contributed by atoms with van der Waals surface area (Å²) in [6, 6.07) is 3.13. The van der Waals surface area contributed by atoms with Crippen molar-refractivity contribution in [3.8, 4) is 0 Å². The highest BCUT2D eigenvalue weighted by Crippen LogP contribution is 2.20. The van der Waals surface area contributed by atoms with Gasteiger partial charge in [-0.3, -0.25) is 9.59 Å². The molecule has 21 heavy (non-hydrogen) atoms. The largest absolute Gasteiger partial charge is 0.355 e. The van der Waals surface area contributed by atoms with Gasteiger partial charge in [-0.2, -0.15) is 0 Å². The Morgan fingerprint density at radius 2 is 2.05 bits per heavy atom. The minimum Gasteiger partial charge on any atom is -0.355 e. The Morgan fingerprint density at radius 3 is 2.67 bits per heavy atom. The van der Waals surface area contributed by atoms with Crippen LogP contribution in [-0.2, 0) is 4.79 Å². The lowest BCUT2D eigenvalue weighted by Crippen LogP contribution is -2.37. The van der Waals surface area contributed by atoms with E-state index in [9.17, 15) is 9.59 Å². The molecule has 0 saturated carbocycles. The summed E-state index contributed by atoms with van der Waals surface area (Å²) < 4.78 is 0. The normalized spacial score (nSPS) is 22.4. The number of nitrogens with zero attached hydrogens (tertiary/aromatic N) is 3. The maximum Gasteiger partial charge on any atom is 0.272 e. The number of hydrogen-bond acceptors (Lipinski definition) is 6. The standard InChI is InChI=1S/C14H18N4O2S/c19-13(15-11-6-9-21-14(11)20)10-4-5-12(17-16-10)18-7-2-1-3-8-18/h4-5,11H,1-3,6-9H2,(H,15,19). The third kappa shape index (κ3) is 3.34. The highest BCUT2D eigenvalue weighted by atomic mass is 32.2. The Balaban J connectivity index is 1.63. The Hall–Kier alpha value is -1.63. The highest BCUT2D eigenvalue weighted by Gasteiger charge is 2.27. The maximum absolute atomic E-state index is 12.0. The van der Waals surface area contributed by atoms with Gasteiger partial charge in [0, 0.05) is 18.8 Å². The van der Waals surface area contributed by atoms with Crippen molar-refractivity contribution < 1.29 is 9.59 Å². The van der Waals surface area contributed by atoms with Crippen LogP contribution in [0.2, 0.25) is 0 Å². The van der Waals surface area contributed by atoms with E-state index >= 15 is 0 Å². The summed E-state index contributed by atoms with van der Waals surface area (Å²) in [5.41, 5.74) is 0.264. The van der Waals surface area contributed by atoms with Gasteiger partial charge in [0.25, 0.3) is 5.91 Å². The highest BCUT2D eigenvalue weighted by molar-refractivity contribution is 8.14. The molecular formula is C14H18N4O2S. The van der Waals surface area contributed by atoms with E-state index in [0.29, 0.717) is 6.42 Å². The molecule has 0 radical (unpaired) electrons. The number of nitrogens with one attached hydrogen (secondary N) is 1. The summed E-state index contributed by atoms with van der Waals surface area (Å²) >= 11 is 1.27. The van der Waals surface area contributed by atoms with Crippen molar-refractivity contribution in [2.24, 2.45) is 0 Å². The predicted molar refractivity (Wildman–Crippen MR) is 81.4 cm³/mol. The van der Waals surface area contributed by atoms with Crippen molar-refractivity contribution in [1.82, 2.24) is 15.5 Å². The lowest BCUT2D eigenvalue weighted by molar-refractivity contribution is -0.112. The van der Waals surface area contributed by atoms with E-state index in [0.717, 1.165) is 24.7 Å². The Bertz CT molecular complexity index is 528. The van der Waals surface area contributed by atoms with Crippen molar-refractivity contribution >= 4 is 28.6 Å². The second kappa shape index (κ2) is 6.43. The first-order valence-electron chi connectivity index (χ1n) is 7.30. The molecule has 2 fully saturated rings. The fraction of sp³-hybridized carbons (Fsp3) is 0.571. The summed E-state index contributed by atoms with van der Waals surface area (Å²) in [6.07, 6.45) is 4.29. The second-order valence-electron chi connectivity index (χ2n) is 5.31. The molecule has 6 nitrogen and oxygen atoms in total. The average Bonchev–Trinajstić information content (AvgIpc) is 2.93. The summed E-state index contributed by atoms with van der Waals surface area (Å²) in [6.45, 7) is 1.99. The van der Waals surface area contributed by atoms with Gasteiger partial charge >= 0.3 is 0 Å². The number of rotatable bonds is 3. The Labute approximate surface area is 127 Å². The zero-order valence-corrected chi connectivity index (χ0v) is 12.6. The van der Waals surface area contributed by atoms with E-state index in [1.807, 2.05) is 6.07 Å². The zero-order valence-electron chi connectivity index (χ0n) is 11.7. The SMILES string of the molecule is O=C(NC1CCSC1=O)c1ccc(N2CCCCC2)nn1. The minimum absolute atomic E-state index is 0.0289. The molecule has 0 spiro atoms. The number of amides is 1. The smallest absolute Gasteiger partial charge is 0.272 e. The third-order valence-corrected chi connectivity index (χ3v) is 4.81. The molecular weight excluding hydrogens is 288 g/mol. The molecule has 3 rings (SSSR count). The van der Waals surface area contributed by atoms with Crippen LogP contribution in [0.25, 0.3) is 0 Å². The van der Waals surface area contributed by atoms with Gasteiger partial charge in [0.2, 0.25) is 5.12 Å². The van der Waals surface area contributed by atoms with Crippen LogP contribution in [-0.4, -0.2) is 46.1 Å². The zero-order chi connectivity index (χ0) is 14.7. The van der Waals surface area contributed by atoms with Crippen molar-refractivity contribution in [3.05, 3.63) is 17.8 Å². The van der Waals surface area contributed by atoms with Gasteiger partial charge in [0.05, 0.1) is 6.04 Å². The molecule has 2 saturated heterocycles. The van der Waals surface area contributed by atoms with Crippen LogP contribution < -0.4 is 10.2 Å². The fourth-order valence-corrected chi connectivity index (χ4v) is 3.53. The van der Waals surface area contributed by atoms with Crippen molar-refractivity contribution in [2.45, 2.75) is 31.7 Å². The van der Waals surface area contributed by atoms with Crippen LogP contribution >= 0.6 is 11.8 Å². The molecule has 7 heteroatoms. The maximum atomic E-state index is 12.0. The minimum atomic E-state index is -0.383. The molecule has 0 aliphatic carbocycles.